The van der Waals surface area contributed by atoms with Crippen molar-refractivity contribution in [3.8, 4) is 0 Å². The molecule has 0 saturated heterocycles. The minimum atomic E-state index is 0.0370. The summed E-state index contributed by atoms with van der Waals surface area (Å²) in [6.07, 6.45) is 4.04. The second-order valence-corrected chi connectivity index (χ2v) is 6.33. The van der Waals surface area contributed by atoms with Gasteiger partial charge in [-0.2, -0.15) is 0 Å². The molecule has 1 amide bonds. The van der Waals surface area contributed by atoms with Crippen molar-refractivity contribution in [3.05, 3.63) is 0 Å². The van der Waals surface area contributed by atoms with Gasteiger partial charge in [-0.05, 0) is 32.1 Å². The summed E-state index contributed by atoms with van der Waals surface area (Å²) >= 11 is 0. The number of nitrogens with two attached hydrogens (primary N) is 1. The Balaban J connectivity index is 1.75. The van der Waals surface area contributed by atoms with Gasteiger partial charge in [0, 0.05) is 30.5 Å². The first-order valence-electron chi connectivity index (χ1n) is 7.11. The Morgan fingerprint density at radius 2 is 2.17 bits per heavy atom. The number of rotatable bonds is 6. The van der Waals surface area contributed by atoms with Gasteiger partial charge in [0.1, 0.15) is 0 Å². The van der Waals surface area contributed by atoms with Crippen molar-refractivity contribution in [1.82, 2.24) is 5.32 Å². The van der Waals surface area contributed by atoms with E-state index in [9.17, 15) is 4.79 Å². The van der Waals surface area contributed by atoms with E-state index in [2.05, 4.69) is 19.2 Å². The van der Waals surface area contributed by atoms with Crippen LogP contribution in [-0.4, -0.2) is 30.7 Å². The molecular formula is C14H26N2O2. The van der Waals surface area contributed by atoms with Crippen molar-refractivity contribution in [3.63, 3.8) is 0 Å². The van der Waals surface area contributed by atoms with Crippen LogP contribution in [0.4, 0.5) is 0 Å². The van der Waals surface area contributed by atoms with Crippen molar-refractivity contribution in [2.24, 2.45) is 17.1 Å². The van der Waals surface area contributed by atoms with Crippen LogP contribution in [0.3, 0.4) is 0 Å². The molecule has 0 bridgehead atoms. The van der Waals surface area contributed by atoms with Gasteiger partial charge >= 0.3 is 0 Å². The number of nitrogens with one attached hydrogen (secondary N) is 1. The number of ether oxygens (including phenoxy) is 1. The van der Waals surface area contributed by atoms with E-state index in [4.69, 9.17) is 10.5 Å². The molecule has 0 aromatic heterocycles. The molecule has 2 fully saturated rings. The average Bonchev–Trinajstić information content (AvgIpc) is 3.11. The Morgan fingerprint density at radius 1 is 1.50 bits per heavy atom. The van der Waals surface area contributed by atoms with E-state index in [-0.39, 0.29) is 29.5 Å². The minimum absolute atomic E-state index is 0.0370. The number of hydrogen-bond acceptors (Lipinski definition) is 3. The third-order valence-corrected chi connectivity index (χ3v) is 4.53. The maximum atomic E-state index is 11.9. The van der Waals surface area contributed by atoms with E-state index >= 15 is 0 Å². The van der Waals surface area contributed by atoms with Crippen molar-refractivity contribution in [2.45, 2.75) is 64.6 Å². The minimum Gasteiger partial charge on any atom is -0.378 e. The molecule has 0 aromatic carbocycles. The fourth-order valence-electron chi connectivity index (χ4n) is 2.77. The second-order valence-electron chi connectivity index (χ2n) is 6.33. The van der Waals surface area contributed by atoms with Gasteiger partial charge in [-0.3, -0.25) is 4.79 Å². The fraction of sp³-hybridized carbons (Fsp3) is 0.929. The summed E-state index contributed by atoms with van der Waals surface area (Å²) in [7, 11) is 0. The molecule has 2 saturated carbocycles. The topological polar surface area (TPSA) is 64.3 Å². The molecule has 2 aliphatic rings. The molecule has 18 heavy (non-hydrogen) atoms. The summed E-state index contributed by atoms with van der Waals surface area (Å²) in [6, 6.07) is 0.281. The van der Waals surface area contributed by atoms with E-state index in [0.717, 1.165) is 13.0 Å². The number of carbonyl (C=O) groups excluding carboxylic acids is 1. The fourth-order valence-corrected chi connectivity index (χ4v) is 2.77. The van der Waals surface area contributed by atoms with Gasteiger partial charge in [0.15, 0.2) is 0 Å². The van der Waals surface area contributed by atoms with E-state index in [1.807, 2.05) is 6.92 Å². The van der Waals surface area contributed by atoms with Gasteiger partial charge in [-0.1, -0.05) is 13.8 Å². The van der Waals surface area contributed by atoms with E-state index in [1.165, 1.54) is 12.8 Å². The molecule has 0 aliphatic heterocycles. The Hall–Kier alpha value is -0.610. The molecule has 0 spiro atoms. The SMILES string of the molecule is CCOC1CC(NC(=O)CC(N)C2CC2)C1(C)C. The normalized spacial score (nSPS) is 31.6. The molecule has 3 N–H and O–H groups in total. The lowest BCUT2D eigenvalue weighted by molar-refractivity contribution is -0.137. The van der Waals surface area contributed by atoms with Crippen molar-refractivity contribution >= 4 is 5.91 Å². The van der Waals surface area contributed by atoms with Crippen LogP contribution >= 0.6 is 0 Å². The zero-order valence-electron chi connectivity index (χ0n) is 11.7. The second kappa shape index (κ2) is 5.17. The Morgan fingerprint density at radius 3 is 2.67 bits per heavy atom. The van der Waals surface area contributed by atoms with E-state index in [0.29, 0.717) is 12.3 Å². The summed E-state index contributed by atoms with van der Waals surface area (Å²) in [4.78, 5) is 11.9. The van der Waals surface area contributed by atoms with Crippen molar-refractivity contribution < 1.29 is 9.53 Å². The zero-order valence-corrected chi connectivity index (χ0v) is 11.7. The van der Waals surface area contributed by atoms with Crippen LogP contribution in [0.1, 0.15) is 46.5 Å². The molecule has 0 aromatic rings. The monoisotopic (exact) mass is 254 g/mol. The van der Waals surface area contributed by atoms with Crippen molar-refractivity contribution in [2.75, 3.05) is 6.61 Å². The molecule has 3 atom stereocenters. The number of carbonyl (C=O) groups is 1. The van der Waals surface area contributed by atoms with Gasteiger partial charge < -0.3 is 15.8 Å². The van der Waals surface area contributed by atoms with Crippen LogP contribution in [-0.2, 0) is 9.53 Å². The Kier molecular flexibility index (Phi) is 3.97. The largest absolute Gasteiger partial charge is 0.378 e. The third kappa shape index (κ3) is 2.86. The predicted octanol–water partition coefficient (Wildman–Crippen LogP) is 1.43. The van der Waals surface area contributed by atoms with Gasteiger partial charge in [0.25, 0.3) is 0 Å². The molecule has 0 heterocycles. The highest BCUT2D eigenvalue weighted by Gasteiger charge is 2.49. The number of hydrogen-bond donors (Lipinski definition) is 2. The van der Waals surface area contributed by atoms with Crippen LogP contribution in [0.15, 0.2) is 0 Å². The van der Waals surface area contributed by atoms with Crippen LogP contribution in [0.25, 0.3) is 0 Å². The third-order valence-electron chi connectivity index (χ3n) is 4.53. The van der Waals surface area contributed by atoms with E-state index < -0.39 is 0 Å². The first-order chi connectivity index (χ1) is 8.45. The molecule has 3 unspecified atom stereocenters. The lowest BCUT2D eigenvalue weighted by atomic mass is 9.64. The summed E-state index contributed by atoms with van der Waals surface area (Å²) < 4.78 is 5.66. The van der Waals surface area contributed by atoms with Gasteiger partial charge in [0.05, 0.1) is 6.10 Å². The Labute approximate surface area is 110 Å². The number of amides is 1. The predicted molar refractivity (Wildman–Crippen MR) is 71.1 cm³/mol. The van der Waals surface area contributed by atoms with E-state index in [1.54, 1.807) is 0 Å². The highest BCUT2D eigenvalue weighted by Crippen LogP contribution is 2.42. The van der Waals surface area contributed by atoms with Crippen LogP contribution < -0.4 is 11.1 Å². The van der Waals surface area contributed by atoms with Gasteiger partial charge in [0.2, 0.25) is 5.91 Å². The summed E-state index contributed by atoms with van der Waals surface area (Å²) in [5.74, 6) is 0.684. The molecule has 4 heteroatoms. The molecular weight excluding hydrogens is 228 g/mol. The first-order valence-corrected chi connectivity index (χ1v) is 7.11. The van der Waals surface area contributed by atoms with Crippen molar-refractivity contribution in [1.29, 1.82) is 0 Å². The molecule has 2 aliphatic carbocycles. The standard InChI is InChI=1S/C14H26N2O2/c1-4-18-12-8-11(14(12,2)3)16-13(17)7-10(15)9-5-6-9/h9-12H,4-8,15H2,1-3H3,(H,16,17). The quantitative estimate of drug-likeness (QED) is 0.753. The van der Waals surface area contributed by atoms with Gasteiger partial charge in [-0.15, -0.1) is 0 Å². The maximum Gasteiger partial charge on any atom is 0.221 e. The molecule has 104 valence electrons. The lowest BCUT2D eigenvalue weighted by Crippen LogP contribution is -2.62. The Bertz CT molecular complexity index is 313. The van der Waals surface area contributed by atoms with Gasteiger partial charge in [-0.25, -0.2) is 0 Å². The molecule has 0 radical (unpaired) electrons. The molecule has 4 nitrogen and oxygen atoms in total. The first kappa shape index (κ1) is 13.8. The highest BCUT2D eigenvalue weighted by atomic mass is 16.5. The molecule has 2 rings (SSSR count). The summed E-state index contributed by atoms with van der Waals surface area (Å²) in [6.45, 7) is 7.06. The van der Waals surface area contributed by atoms with Crippen LogP contribution in [0, 0.1) is 11.3 Å². The summed E-state index contributed by atoms with van der Waals surface area (Å²) in [5, 5.41) is 3.11. The lowest BCUT2D eigenvalue weighted by Gasteiger charge is -2.51. The van der Waals surface area contributed by atoms with Crippen LogP contribution in [0.5, 0.6) is 0 Å². The smallest absolute Gasteiger partial charge is 0.221 e. The average molecular weight is 254 g/mol. The van der Waals surface area contributed by atoms with Crippen LogP contribution in [0.2, 0.25) is 0 Å². The highest BCUT2D eigenvalue weighted by molar-refractivity contribution is 5.77. The maximum absolute atomic E-state index is 11.9. The summed E-state index contributed by atoms with van der Waals surface area (Å²) in [5.41, 5.74) is 6.01. The zero-order chi connectivity index (χ0) is 13.3.